The molecule has 1 aromatic rings. The quantitative estimate of drug-likeness (QED) is 0.630. The molecule has 0 aromatic heterocycles. The predicted octanol–water partition coefficient (Wildman–Crippen LogP) is 3.85. The van der Waals surface area contributed by atoms with Crippen LogP contribution in [0.1, 0.15) is 26.7 Å². The first kappa shape index (κ1) is 12.8. The lowest BCUT2D eigenvalue weighted by Crippen LogP contribution is -2.15. The van der Waals surface area contributed by atoms with E-state index in [1.165, 1.54) is 6.07 Å². The van der Waals surface area contributed by atoms with E-state index in [-0.39, 0.29) is 11.7 Å². The minimum Gasteiger partial charge on any atom is -0.377 e. The van der Waals surface area contributed by atoms with Crippen LogP contribution in [-0.2, 0) is 0 Å². The number of nitro groups is 1. The van der Waals surface area contributed by atoms with Crippen LogP contribution in [-0.4, -0.2) is 11.0 Å². The molecule has 0 aliphatic heterocycles. The Morgan fingerprint density at radius 2 is 2.25 bits per heavy atom. The first-order valence-electron chi connectivity index (χ1n) is 5.25. The lowest BCUT2D eigenvalue weighted by Gasteiger charge is -2.14. The highest BCUT2D eigenvalue weighted by Gasteiger charge is 2.15. The van der Waals surface area contributed by atoms with Crippen LogP contribution in [0.15, 0.2) is 18.2 Å². The highest BCUT2D eigenvalue weighted by atomic mass is 35.5. The highest BCUT2D eigenvalue weighted by molar-refractivity contribution is 6.30. The van der Waals surface area contributed by atoms with E-state index in [4.69, 9.17) is 11.6 Å². The zero-order valence-corrected chi connectivity index (χ0v) is 10.1. The van der Waals surface area contributed by atoms with Gasteiger partial charge in [-0.25, -0.2) is 0 Å². The van der Waals surface area contributed by atoms with Crippen molar-refractivity contribution in [3.05, 3.63) is 33.3 Å². The molecule has 0 radical (unpaired) electrons. The topological polar surface area (TPSA) is 55.2 Å². The van der Waals surface area contributed by atoms with Crippen molar-refractivity contribution in [2.24, 2.45) is 0 Å². The third kappa shape index (κ3) is 3.38. The molecule has 88 valence electrons. The molecule has 5 heteroatoms. The zero-order valence-electron chi connectivity index (χ0n) is 9.37. The summed E-state index contributed by atoms with van der Waals surface area (Å²) in [4.78, 5) is 10.4. The van der Waals surface area contributed by atoms with Crippen molar-refractivity contribution in [2.45, 2.75) is 32.7 Å². The molecule has 0 spiro atoms. The molecule has 0 saturated carbocycles. The van der Waals surface area contributed by atoms with Crippen LogP contribution in [0.5, 0.6) is 0 Å². The number of benzene rings is 1. The SMILES string of the molecule is CCCC(C)Nc1ccc(Cl)cc1[N+](=O)[O-]. The Morgan fingerprint density at radius 1 is 1.56 bits per heavy atom. The molecule has 0 aliphatic rings. The molecular weight excluding hydrogens is 228 g/mol. The molecule has 1 atom stereocenters. The fourth-order valence-corrected chi connectivity index (χ4v) is 1.71. The molecule has 1 N–H and O–H groups in total. The van der Waals surface area contributed by atoms with E-state index >= 15 is 0 Å². The van der Waals surface area contributed by atoms with E-state index in [2.05, 4.69) is 12.2 Å². The summed E-state index contributed by atoms with van der Waals surface area (Å²) < 4.78 is 0. The Hall–Kier alpha value is -1.29. The van der Waals surface area contributed by atoms with E-state index in [0.29, 0.717) is 10.7 Å². The van der Waals surface area contributed by atoms with Gasteiger partial charge in [0.25, 0.3) is 5.69 Å². The highest BCUT2D eigenvalue weighted by Crippen LogP contribution is 2.28. The number of rotatable bonds is 5. The summed E-state index contributed by atoms with van der Waals surface area (Å²) >= 11 is 5.73. The van der Waals surface area contributed by atoms with E-state index < -0.39 is 4.92 Å². The third-order valence-corrected chi connectivity index (χ3v) is 2.52. The number of hydrogen-bond acceptors (Lipinski definition) is 3. The van der Waals surface area contributed by atoms with E-state index in [9.17, 15) is 10.1 Å². The first-order chi connectivity index (χ1) is 7.54. The van der Waals surface area contributed by atoms with Crippen LogP contribution in [0, 0.1) is 10.1 Å². The van der Waals surface area contributed by atoms with Crippen molar-refractivity contribution in [3.63, 3.8) is 0 Å². The predicted molar refractivity (Wildman–Crippen MR) is 66.1 cm³/mol. The molecular formula is C11H15ClN2O2. The first-order valence-corrected chi connectivity index (χ1v) is 5.63. The largest absolute Gasteiger partial charge is 0.377 e. The molecule has 0 saturated heterocycles. The van der Waals surface area contributed by atoms with Gasteiger partial charge in [-0.2, -0.15) is 0 Å². The molecule has 1 aromatic carbocycles. The van der Waals surface area contributed by atoms with Crippen LogP contribution in [0.4, 0.5) is 11.4 Å². The normalized spacial score (nSPS) is 12.2. The van der Waals surface area contributed by atoms with Crippen LogP contribution in [0.3, 0.4) is 0 Å². The van der Waals surface area contributed by atoms with Gasteiger partial charge in [-0.15, -0.1) is 0 Å². The van der Waals surface area contributed by atoms with Crippen LogP contribution in [0.2, 0.25) is 5.02 Å². The van der Waals surface area contributed by atoms with Crippen molar-refractivity contribution in [3.8, 4) is 0 Å². The van der Waals surface area contributed by atoms with Gasteiger partial charge in [-0.05, 0) is 25.5 Å². The summed E-state index contributed by atoms with van der Waals surface area (Å²) in [6.07, 6.45) is 2.01. The standard InChI is InChI=1S/C11H15ClN2O2/c1-3-4-8(2)13-10-6-5-9(12)7-11(10)14(15)16/h5-8,13H,3-4H2,1-2H3. The monoisotopic (exact) mass is 242 g/mol. The molecule has 0 amide bonds. The number of nitrogens with one attached hydrogen (secondary N) is 1. The lowest BCUT2D eigenvalue weighted by atomic mass is 10.1. The lowest BCUT2D eigenvalue weighted by molar-refractivity contribution is -0.384. The van der Waals surface area contributed by atoms with Gasteiger partial charge in [0.05, 0.1) is 4.92 Å². The van der Waals surface area contributed by atoms with Gasteiger partial charge in [-0.1, -0.05) is 24.9 Å². The summed E-state index contributed by atoms with van der Waals surface area (Å²) in [7, 11) is 0. The third-order valence-electron chi connectivity index (χ3n) is 2.28. The van der Waals surface area contributed by atoms with Gasteiger partial charge in [-0.3, -0.25) is 10.1 Å². The Morgan fingerprint density at radius 3 is 2.81 bits per heavy atom. The maximum atomic E-state index is 10.8. The zero-order chi connectivity index (χ0) is 12.1. The number of nitro benzene ring substituents is 1. The number of halogens is 1. The van der Waals surface area contributed by atoms with Gasteiger partial charge in [0, 0.05) is 17.1 Å². The second-order valence-corrected chi connectivity index (χ2v) is 4.19. The minimum atomic E-state index is -0.424. The fourth-order valence-electron chi connectivity index (χ4n) is 1.55. The Balaban J connectivity index is 2.90. The Kier molecular flexibility index (Phi) is 4.55. The maximum Gasteiger partial charge on any atom is 0.293 e. The average molecular weight is 243 g/mol. The van der Waals surface area contributed by atoms with Crippen LogP contribution >= 0.6 is 11.6 Å². The summed E-state index contributed by atoms with van der Waals surface area (Å²) in [5.74, 6) is 0. The van der Waals surface area contributed by atoms with E-state index in [0.717, 1.165) is 12.8 Å². The maximum absolute atomic E-state index is 10.8. The van der Waals surface area contributed by atoms with E-state index in [1.54, 1.807) is 12.1 Å². The van der Waals surface area contributed by atoms with Crippen molar-refractivity contribution >= 4 is 23.0 Å². The van der Waals surface area contributed by atoms with E-state index in [1.807, 2.05) is 6.92 Å². The Labute approximate surface area is 99.8 Å². The molecule has 4 nitrogen and oxygen atoms in total. The summed E-state index contributed by atoms with van der Waals surface area (Å²) in [6.45, 7) is 4.08. The van der Waals surface area contributed by atoms with Crippen molar-refractivity contribution in [1.29, 1.82) is 0 Å². The number of nitrogens with zero attached hydrogens (tertiary/aromatic N) is 1. The molecule has 0 bridgehead atoms. The summed E-state index contributed by atoms with van der Waals surface area (Å²) in [5, 5.41) is 14.3. The van der Waals surface area contributed by atoms with Gasteiger partial charge in [0.2, 0.25) is 0 Å². The molecule has 0 heterocycles. The molecule has 0 fully saturated rings. The number of hydrogen-bond donors (Lipinski definition) is 1. The van der Waals surface area contributed by atoms with Gasteiger partial charge < -0.3 is 5.32 Å². The van der Waals surface area contributed by atoms with Crippen molar-refractivity contribution < 1.29 is 4.92 Å². The summed E-state index contributed by atoms with van der Waals surface area (Å²) in [6, 6.07) is 4.87. The van der Waals surface area contributed by atoms with Crippen LogP contribution < -0.4 is 5.32 Å². The average Bonchev–Trinajstić information content (AvgIpc) is 2.20. The number of anilines is 1. The van der Waals surface area contributed by atoms with Gasteiger partial charge >= 0.3 is 0 Å². The summed E-state index contributed by atoms with van der Waals surface area (Å²) in [5.41, 5.74) is 0.547. The smallest absolute Gasteiger partial charge is 0.293 e. The molecule has 0 aliphatic carbocycles. The molecule has 16 heavy (non-hydrogen) atoms. The van der Waals surface area contributed by atoms with Crippen molar-refractivity contribution in [1.82, 2.24) is 0 Å². The van der Waals surface area contributed by atoms with Gasteiger partial charge in [0.15, 0.2) is 0 Å². The fraction of sp³-hybridized carbons (Fsp3) is 0.455. The van der Waals surface area contributed by atoms with Gasteiger partial charge in [0.1, 0.15) is 5.69 Å². The second kappa shape index (κ2) is 5.70. The van der Waals surface area contributed by atoms with Crippen LogP contribution in [0.25, 0.3) is 0 Å². The minimum absolute atomic E-state index is 0.0236. The van der Waals surface area contributed by atoms with Crippen molar-refractivity contribution in [2.75, 3.05) is 5.32 Å². The second-order valence-electron chi connectivity index (χ2n) is 3.75. The molecule has 1 unspecified atom stereocenters. The Bertz CT molecular complexity index is 382. The molecule has 1 rings (SSSR count).